The standard InChI is InChI=1S/C17H18FNO/c1-12-16(13-6-4-3-5-7-13)20-17(19(12)2)14-8-10-15(18)11-9-14/h3-12,16-17H,1-2H3/t12-,16+,17?/m0/s1. The highest BCUT2D eigenvalue weighted by molar-refractivity contribution is 5.24. The molecule has 1 aliphatic rings. The first kappa shape index (κ1) is 13.3. The van der Waals surface area contributed by atoms with Gasteiger partial charge in [0.1, 0.15) is 18.1 Å². The first-order chi connectivity index (χ1) is 9.66. The molecule has 2 aromatic carbocycles. The summed E-state index contributed by atoms with van der Waals surface area (Å²) in [5.41, 5.74) is 2.16. The fourth-order valence-corrected chi connectivity index (χ4v) is 2.72. The number of nitrogens with zero attached hydrogens (tertiary/aromatic N) is 1. The van der Waals surface area contributed by atoms with Gasteiger partial charge < -0.3 is 4.74 Å². The van der Waals surface area contributed by atoms with Crippen molar-refractivity contribution in [3.8, 4) is 0 Å². The van der Waals surface area contributed by atoms with Gasteiger partial charge in [-0.3, -0.25) is 4.90 Å². The number of hydrogen-bond acceptors (Lipinski definition) is 2. The average molecular weight is 271 g/mol. The molecule has 104 valence electrons. The summed E-state index contributed by atoms with van der Waals surface area (Å²) < 4.78 is 19.2. The van der Waals surface area contributed by atoms with Crippen LogP contribution in [0.5, 0.6) is 0 Å². The van der Waals surface area contributed by atoms with Gasteiger partial charge in [0.05, 0.1) is 0 Å². The van der Waals surface area contributed by atoms with Gasteiger partial charge >= 0.3 is 0 Å². The second kappa shape index (κ2) is 5.35. The summed E-state index contributed by atoms with van der Waals surface area (Å²) in [5.74, 6) is -0.220. The summed E-state index contributed by atoms with van der Waals surface area (Å²) in [4.78, 5) is 2.19. The molecule has 0 aromatic heterocycles. The predicted molar refractivity (Wildman–Crippen MR) is 76.6 cm³/mol. The van der Waals surface area contributed by atoms with E-state index in [-0.39, 0.29) is 24.2 Å². The number of ether oxygens (including phenoxy) is 1. The maximum atomic E-state index is 13.0. The van der Waals surface area contributed by atoms with E-state index >= 15 is 0 Å². The molecule has 2 aromatic rings. The maximum Gasteiger partial charge on any atom is 0.137 e. The van der Waals surface area contributed by atoms with Crippen LogP contribution in [-0.4, -0.2) is 18.0 Å². The minimum atomic E-state index is -0.220. The molecule has 3 rings (SSSR count). The fraction of sp³-hybridized carbons (Fsp3) is 0.294. The summed E-state index contributed by atoms with van der Waals surface area (Å²) in [6, 6.07) is 17.0. The molecular formula is C17H18FNO. The van der Waals surface area contributed by atoms with Crippen molar-refractivity contribution in [1.82, 2.24) is 4.90 Å². The number of likely N-dealkylation sites (N-methyl/N-ethyl adjacent to an activating group) is 1. The zero-order chi connectivity index (χ0) is 14.1. The first-order valence-corrected chi connectivity index (χ1v) is 6.84. The monoisotopic (exact) mass is 271 g/mol. The van der Waals surface area contributed by atoms with Gasteiger partial charge in [0.25, 0.3) is 0 Å². The van der Waals surface area contributed by atoms with Gasteiger partial charge in [-0.05, 0) is 37.2 Å². The predicted octanol–water partition coefficient (Wildman–Crippen LogP) is 3.92. The van der Waals surface area contributed by atoms with Crippen LogP contribution in [0.15, 0.2) is 54.6 Å². The second-order valence-corrected chi connectivity index (χ2v) is 5.28. The smallest absolute Gasteiger partial charge is 0.137 e. The zero-order valence-corrected chi connectivity index (χ0v) is 11.7. The van der Waals surface area contributed by atoms with Gasteiger partial charge in [-0.2, -0.15) is 0 Å². The number of benzene rings is 2. The lowest BCUT2D eigenvalue weighted by atomic mass is 10.0. The molecule has 0 radical (unpaired) electrons. The lowest BCUT2D eigenvalue weighted by Crippen LogP contribution is -2.27. The zero-order valence-electron chi connectivity index (χ0n) is 11.7. The molecule has 3 heteroatoms. The highest BCUT2D eigenvalue weighted by Crippen LogP contribution is 2.40. The Balaban J connectivity index is 1.87. The Morgan fingerprint density at radius 3 is 2.25 bits per heavy atom. The van der Waals surface area contributed by atoms with Crippen molar-refractivity contribution in [2.75, 3.05) is 7.05 Å². The molecule has 0 saturated carbocycles. The van der Waals surface area contributed by atoms with Gasteiger partial charge in [-0.15, -0.1) is 0 Å². The van der Waals surface area contributed by atoms with Gasteiger partial charge in [0.2, 0.25) is 0 Å². The van der Waals surface area contributed by atoms with Crippen molar-refractivity contribution in [2.24, 2.45) is 0 Å². The minimum Gasteiger partial charge on any atom is -0.349 e. The Bertz CT molecular complexity index is 569. The minimum absolute atomic E-state index is 0.0382. The Morgan fingerprint density at radius 2 is 1.60 bits per heavy atom. The van der Waals surface area contributed by atoms with Crippen LogP contribution in [0.25, 0.3) is 0 Å². The van der Waals surface area contributed by atoms with Crippen LogP contribution in [0, 0.1) is 5.82 Å². The maximum absolute atomic E-state index is 13.0. The van der Waals surface area contributed by atoms with Crippen LogP contribution >= 0.6 is 0 Å². The van der Waals surface area contributed by atoms with Crippen molar-refractivity contribution >= 4 is 0 Å². The molecule has 0 bridgehead atoms. The van der Waals surface area contributed by atoms with Crippen LogP contribution in [0.3, 0.4) is 0 Å². The topological polar surface area (TPSA) is 12.5 Å². The molecule has 1 saturated heterocycles. The molecule has 0 N–H and O–H groups in total. The molecule has 1 unspecified atom stereocenters. The Kier molecular flexibility index (Phi) is 3.55. The lowest BCUT2D eigenvalue weighted by molar-refractivity contribution is 0.00556. The van der Waals surface area contributed by atoms with E-state index in [1.165, 1.54) is 17.7 Å². The number of halogens is 1. The van der Waals surface area contributed by atoms with E-state index in [2.05, 4.69) is 24.0 Å². The van der Waals surface area contributed by atoms with Crippen LogP contribution in [0.1, 0.15) is 30.4 Å². The number of hydrogen-bond donors (Lipinski definition) is 0. The van der Waals surface area contributed by atoms with Crippen molar-refractivity contribution < 1.29 is 9.13 Å². The van der Waals surface area contributed by atoms with Gasteiger partial charge in [-0.1, -0.05) is 42.5 Å². The third-order valence-electron chi connectivity index (χ3n) is 4.01. The Hall–Kier alpha value is -1.71. The Morgan fingerprint density at radius 1 is 0.950 bits per heavy atom. The van der Waals surface area contributed by atoms with Gasteiger partial charge in [0, 0.05) is 6.04 Å². The van der Waals surface area contributed by atoms with E-state index in [1.54, 1.807) is 12.1 Å². The summed E-state index contributed by atoms with van der Waals surface area (Å²) in [6.45, 7) is 2.15. The van der Waals surface area contributed by atoms with Crippen molar-refractivity contribution in [1.29, 1.82) is 0 Å². The summed E-state index contributed by atoms with van der Waals surface area (Å²) in [6.07, 6.45) is -0.0907. The fourth-order valence-electron chi connectivity index (χ4n) is 2.72. The van der Waals surface area contributed by atoms with E-state index in [0.29, 0.717) is 0 Å². The van der Waals surface area contributed by atoms with Gasteiger partial charge in [-0.25, -0.2) is 4.39 Å². The van der Waals surface area contributed by atoms with Crippen LogP contribution in [0.2, 0.25) is 0 Å². The quantitative estimate of drug-likeness (QED) is 0.821. The van der Waals surface area contributed by atoms with Crippen molar-refractivity contribution in [3.63, 3.8) is 0 Å². The third-order valence-corrected chi connectivity index (χ3v) is 4.01. The van der Waals surface area contributed by atoms with Crippen molar-refractivity contribution in [2.45, 2.75) is 25.3 Å². The largest absolute Gasteiger partial charge is 0.349 e. The first-order valence-electron chi connectivity index (χ1n) is 6.84. The molecule has 20 heavy (non-hydrogen) atoms. The van der Waals surface area contributed by atoms with Gasteiger partial charge in [0.15, 0.2) is 0 Å². The van der Waals surface area contributed by atoms with E-state index in [9.17, 15) is 4.39 Å². The van der Waals surface area contributed by atoms with E-state index in [1.807, 2.05) is 25.2 Å². The second-order valence-electron chi connectivity index (χ2n) is 5.28. The number of rotatable bonds is 2. The lowest BCUT2D eigenvalue weighted by Gasteiger charge is -2.21. The van der Waals surface area contributed by atoms with E-state index in [0.717, 1.165) is 5.56 Å². The SMILES string of the molecule is C[C@H]1[C@H](c2ccccc2)OC(c2ccc(F)cc2)N1C. The molecule has 1 heterocycles. The molecule has 1 aliphatic heterocycles. The van der Waals surface area contributed by atoms with Crippen LogP contribution in [0.4, 0.5) is 4.39 Å². The normalized spacial score (nSPS) is 26.9. The molecule has 2 nitrogen and oxygen atoms in total. The molecule has 0 amide bonds. The molecule has 0 spiro atoms. The highest BCUT2D eigenvalue weighted by Gasteiger charge is 2.38. The van der Waals surface area contributed by atoms with E-state index < -0.39 is 0 Å². The third kappa shape index (κ3) is 2.35. The summed E-state index contributed by atoms with van der Waals surface area (Å²) in [5, 5.41) is 0. The summed E-state index contributed by atoms with van der Waals surface area (Å²) >= 11 is 0. The molecule has 0 aliphatic carbocycles. The molecule has 3 atom stereocenters. The van der Waals surface area contributed by atoms with Crippen molar-refractivity contribution in [3.05, 3.63) is 71.5 Å². The molecular weight excluding hydrogens is 253 g/mol. The highest BCUT2D eigenvalue weighted by atomic mass is 19.1. The van der Waals surface area contributed by atoms with Crippen LogP contribution < -0.4 is 0 Å². The van der Waals surface area contributed by atoms with Crippen LogP contribution in [-0.2, 0) is 4.74 Å². The Labute approximate surface area is 118 Å². The molecule has 1 fully saturated rings. The van der Waals surface area contributed by atoms with E-state index in [4.69, 9.17) is 4.74 Å². The summed E-state index contributed by atoms with van der Waals surface area (Å²) in [7, 11) is 2.04. The average Bonchev–Trinajstić information content (AvgIpc) is 2.77.